The highest BCUT2D eigenvalue weighted by atomic mass is 32.2. The van der Waals surface area contributed by atoms with Gasteiger partial charge in [-0.1, -0.05) is 66.7 Å². The summed E-state index contributed by atoms with van der Waals surface area (Å²) in [5, 5.41) is 14.2. The van der Waals surface area contributed by atoms with Crippen LogP contribution in [0.25, 0.3) is 0 Å². The van der Waals surface area contributed by atoms with Crippen molar-refractivity contribution in [3.05, 3.63) is 89.3 Å². The van der Waals surface area contributed by atoms with E-state index in [2.05, 4.69) is 5.32 Å². The number of rotatable bonds is 13. The number of thiophene rings is 1. The molecule has 0 saturated heterocycles. The van der Waals surface area contributed by atoms with Crippen molar-refractivity contribution < 1.29 is 27.9 Å². The van der Waals surface area contributed by atoms with Crippen molar-refractivity contribution in [1.82, 2.24) is 9.62 Å². The van der Waals surface area contributed by atoms with E-state index >= 15 is 0 Å². The summed E-state index contributed by atoms with van der Waals surface area (Å²) in [5.41, 5.74) is 1.57. The van der Waals surface area contributed by atoms with Crippen molar-refractivity contribution in [2.45, 2.75) is 42.7 Å². The third kappa shape index (κ3) is 7.91. The fourth-order valence-corrected chi connectivity index (χ4v) is 6.19. The first-order chi connectivity index (χ1) is 16.9. The minimum Gasteiger partial charge on any atom is -0.480 e. The molecule has 186 valence electrons. The predicted molar refractivity (Wildman–Crippen MR) is 133 cm³/mol. The number of carbonyl (C=O) groups is 2. The maximum absolute atomic E-state index is 13.3. The number of aliphatic carboxylic acids is 1. The van der Waals surface area contributed by atoms with Gasteiger partial charge in [-0.25, -0.2) is 13.2 Å². The first kappa shape index (κ1) is 26.4. The maximum atomic E-state index is 13.3. The molecular weight excluding hydrogens is 488 g/mol. The standard InChI is InChI=1S/C25H28N2O6S2/c28-24(29)22(14-7-8-16-26-25(30)33-19-21-12-5-2-6-13-21)27(18-20-10-3-1-4-11-20)35(31,32)23-15-9-17-34-23/h1-6,9-13,15,17,22H,7-8,14,16,18-19H2,(H,26,30)(H,28,29). The smallest absolute Gasteiger partial charge is 0.407 e. The van der Waals surface area contributed by atoms with Gasteiger partial charge in [0.1, 0.15) is 16.9 Å². The molecule has 0 spiro atoms. The van der Waals surface area contributed by atoms with Crippen LogP contribution in [0.1, 0.15) is 30.4 Å². The summed E-state index contributed by atoms with van der Waals surface area (Å²) in [6, 6.07) is 20.1. The number of unbranched alkanes of at least 4 members (excludes halogenated alkanes) is 1. The number of hydrogen-bond acceptors (Lipinski definition) is 6. The molecule has 0 aliphatic rings. The minimum atomic E-state index is -4.01. The van der Waals surface area contributed by atoms with E-state index in [9.17, 15) is 23.1 Å². The molecule has 0 bridgehead atoms. The van der Waals surface area contributed by atoms with Crippen LogP contribution in [-0.2, 0) is 32.7 Å². The summed E-state index contributed by atoms with van der Waals surface area (Å²) in [6.45, 7) is 0.390. The Morgan fingerprint density at radius 1 is 0.943 bits per heavy atom. The van der Waals surface area contributed by atoms with Crippen LogP contribution in [0, 0.1) is 0 Å². The quantitative estimate of drug-likeness (QED) is 0.324. The van der Waals surface area contributed by atoms with E-state index < -0.39 is 28.1 Å². The summed E-state index contributed by atoms with van der Waals surface area (Å²) in [4.78, 5) is 24.0. The number of nitrogens with zero attached hydrogens (tertiary/aromatic N) is 1. The predicted octanol–water partition coefficient (Wildman–Crippen LogP) is 4.49. The van der Waals surface area contributed by atoms with Crippen LogP contribution in [0.5, 0.6) is 0 Å². The van der Waals surface area contributed by atoms with Crippen molar-refractivity contribution in [2.24, 2.45) is 0 Å². The van der Waals surface area contributed by atoms with Gasteiger partial charge in [-0.05, 0) is 41.8 Å². The highest BCUT2D eigenvalue weighted by Gasteiger charge is 2.36. The molecule has 0 radical (unpaired) electrons. The molecule has 0 saturated carbocycles. The van der Waals surface area contributed by atoms with Gasteiger partial charge in [0.05, 0.1) is 0 Å². The van der Waals surface area contributed by atoms with Crippen LogP contribution in [-0.4, -0.2) is 42.5 Å². The fourth-order valence-electron chi connectivity index (χ4n) is 3.47. The lowest BCUT2D eigenvalue weighted by atomic mass is 10.1. The number of hydrogen-bond donors (Lipinski definition) is 2. The average Bonchev–Trinajstić information content (AvgIpc) is 3.41. The number of carbonyl (C=O) groups excluding carboxylic acids is 1. The number of ether oxygens (including phenoxy) is 1. The molecule has 1 unspecified atom stereocenters. The van der Waals surface area contributed by atoms with Crippen LogP contribution in [0.4, 0.5) is 4.79 Å². The molecule has 10 heteroatoms. The molecule has 1 heterocycles. The van der Waals surface area contributed by atoms with Gasteiger partial charge >= 0.3 is 12.1 Å². The third-order valence-corrected chi connectivity index (χ3v) is 8.49. The molecule has 3 rings (SSSR count). The van der Waals surface area contributed by atoms with E-state index in [4.69, 9.17) is 4.74 Å². The molecule has 2 aromatic carbocycles. The van der Waals surface area contributed by atoms with Crippen molar-refractivity contribution in [3.63, 3.8) is 0 Å². The second-order valence-electron chi connectivity index (χ2n) is 7.81. The molecule has 0 aliphatic heterocycles. The summed E-state index contributed by atoms with van der Waals surface area (Å²) < 4.78 is 32.9. The minimum absolute atomic E-state index is 0.0535. The Kier molecular flexibility index (Phi) is 9.83. The Bertz CT molecular complexity index is 1170. The Morgan fingerprint density at radius 2 is 1.60 bits per heavy atom. The van der Waals surface area contributed by atoms with Gasteiger partial charge in [0.15, 0.2) is 0 Å². The first-order valence-electron chi connectivity index (χ1n) is 11.1. The number of carboxylic acids is 1. The zero-order chi connectivity index (χ0) is 25.1. The van der Waals surface area contributed by atoms with E-state index in [0.29, 0.717) is 18.4 Å². The highest BCUT2D eigenvalue weighted by molar-refractivity contribution is 7.91. The molecule has 35 heavy (non-hydrogen) atoms. The van der Waals surface area contributed by atoms with Gasteiger partial charge in [0, 0.05) is 13.1 Å². The van der Waals surface area contributed by atoms with E-state index in [1.165, 1.54) is 6.07 Å². The Hall–Kier alpha value is -3.21. The molecule has 3 aromatic rings. The fraction of sp³-hybridized carbons (Fsp3) is 0.280. The average molecular weight is 517 g/mol. The van der Waals surface area contributed by atoms with Gasteiger partial charge in [-0.2, -0.15) is 4.31 Å². The van der Waals surface area contributed by atoms with Crippen molar-refractivity contribution in [1.29, 1.82) is 0 Å². The van der Waals surface area contributed by atoms with Gasteiger partial charge in [-0.15, -0.1) is 11.3 Å². The number of sulfonamides is 1. The second kappa shape index (κ2) is 13.0. The molecule has 1 amide bonds. The molecule has 1 aromatic heterocycles. The summed E-state index contributed by atoms with van der Waals surface area (Å²) in [7, 11) is -4.01. The third-order valence-electron chi connectivity index (χ3n) is 5.26. The number of amides is 1. The first-order valence-corrected chi connectivity index (χ1v) is 13.5. The van der Waals surface area contributed by atoms with E-state index in [1.807, 2.05) is 36.4 Å². The Balaban J connectivity index is 1.57. The number of nitrogens with one attached hydrogen (secondary N) is 1. The molecule has 2 N–H and O–H groups in total. The van der Waals surface area contributed by atoms with E-state index in [1.54, 1.807) is 35.7 Å². The lowest BCUT2D eigenvalue weighted by Crippen LogP contribution is -2.44. The Morgan fingerprint density at radius 3 is 2.20 bits per heavy atom. The normalized spacial score (nSPS) is 12.3. The van der Waals surface area contributed by atoms with Crippen molar-refractivity contribution in [3.8, 4) is 0 Å². The maximum Gasteiger partial charge on any atom is 0.407 e. The van der Waals surface area contributed by atoms with E-state index in [0.717, 1.165) is 21.2 Å². The summed E-state index contributed by atoms with van der Waals surface area (Å²) in [6.07, 6.45) is 0.423. The summed E-state index contributed by atoms with van der Waals surface area (Å²) in [5.74, 6) is -1.21. The number of benzene rings is 2. The number of alkyl carbamates (subject to hydrolysis) is 1. The van der Waals surface area contributed by atoms with Crippen LogP contribution in [0.15, 0.2) is 82.4 Å². The van der Waals surface area contributed by atoms with E-state index in [-0.39, 0.29) is 30.3 Å². The van der Waals surface area contributed by atoms with Crippen molar-refractivity contribution >= 4 is 33.4 Å². The topological polar surface area (TPSA) is 113 Å². The molecular formula is C25H28N2O6S2. The zero-order valence-electron chi connectivity index (χ0n) is 19.1. The van der Waals surface area contributed by atoms with Crippen LogP contribution < -0.4 is 5.32 Å². The molecule has 1 atom stereocenters. The zero-order valence-corrected chi connectivity index (χ0v) is 20.7. The van der Waals surface area contributed by atoms with Crippen molar-refractivity contribution in [2.75, 3.05) is 6.54 Å². The van der Waals surface area contributed by atoms with Crippen LogP contribution in [0.3, 0.4) is 0 Å². The van der Waals surface area contributed by atoms with Gasteiger partial charge in [-0.3, -0.25) is 4.79 Å². The number of carboxylic acid groups (broad SMARTS) is 1. The lowest BCUT2D eigenvalue weighted by Gasteiger charge is -2.28. The largest absolute Gasteiger partial charge is 0.480 e. The van der Waals surface area contributed by atoms with Gasteiger partial charge < -0.3 is 15.2 Å². The monoisotopic (exact) mass is 516 g/mol. The van der Waals surface area contributed by atoms with Crippen LogP contribution >= 0.6 is 11.3 Å². The second-order valence-corrected chi connectivity index (χ2v) is 10.9. The lowest BCUT2D eigenvalue weighted by molar-refractivity contribution is -0.141. The SMILES string of the molecule is O=C(NCCCCC(C(=O)O)N(Cc1ccccc1)S(=O)(=O)c1cccs1)OCc1ccccc1. The molecule has 8 nitrogen and oxygen atoms in total. The van der Waals surface area contributed by atoms with Crippen LogP contribution in [0.2, 0.25) is 0 Å². The highest BCUT2D eigenvalue weighted by Crippen LogP contribution is 2.26. The van der Waals surface area contributed by atoms with Gasteiger partial charge in [0.2, 0.25) is 0 Å². The Labute approximate surface area is 209 Å². The summed E-state index contributed by atoms with van der Waals surface area (Å²) >= 11 is 1.05. The molecule has 0 aliphatic carbocycles. The van der Waals surface area contributed by atoms with Gasteiger partial charge in [0.25, 0.3) is 10.0 Å². The molecule has 0 fully saturated rings.